The number of nitrogens with zero attached hydrogens (tertiary/aromatic N) is 1. The summed E-state index contributed by atoms with van der Waals surface area (Å²) in [7, 11) is 0. The smallest absolute Gasteiger partial charge is 0.224 e. The fourth-order valence-electron chi connectivity index (χ4n) is 2.77. The first-order valence-electron chi connectivity index (χ1n) is 7.31. The van der Waals surface area contributed by atoms with E-state index in [2.05, 4.69) is 17.6 Å². The molecule has 1 aliphatic rings. The third kappa shape index (κ3) is 4.02. The molecule has 1 aromatic rings. The Labute approximate surface area is 124 Å². The fraction of sp³-hybridized carbons (Fsp3) is 0.500. The normalized spacial score (nSPS) is 19.6. The monoisotopic (exact) mass is 289 g/mol. The zero-order chi connectivity index (χ0) is 15.2. The largest absolute Gasteiger partial charge is 0.325 e. The number of piperidine rings is 1. The average Bonchev–Trinajstić information content (AvgIpc) is 2.48. The lowest BCUT2D eigenvalue weighted by Gasteiger charge is -2.28. The summed E-state index contributed by atoms with van der Waals surface area (Å²) in [6.45, 7) is 4.05. The van der Waals surface area contributed by atoms with Crippen LogP contribution in [-0.2, 0) is 4.79 Å². The molecular weight excluding hydrogens is 269 g/mol. The van der Waals surface area contributed by atoms with E-state index in [1.807, 2.05) is 0 Å². The van der Waals surface area contributed by atoms with E-state index >= 15 is 0 Å². The number of anilines is 1. The van der Waals surface area contributed by atoms with E-state index in [9.17, 15) is 9.18 Å². The molecule has 1 heterocycles. The molecule has 1 amide bonds. The summed E-state index contributed by atoms with van der Waals surface area (Å²) in [6, 6.07) is 6.03. The molecule has 5 heteroatoms. The van der Waals surface area contributed by atoms with Gasteiger partial charge in [-0.15, -0.1) is 0 Å². The number of hydrogen-bond donors (Lipinski definition) is 2. The van der Waals surface area contributed by atoms with Crippen LogP contribution in [0.3, 0.4) is 0 Å². The minimum atomic E-state index is -0.611. The maximum atomic E-state index is 13.5. The summed E-state index contributed by atoms with van der Waals surface area (Å²) in [6.07, 6.45) is 2.65. The van der Waals surface area contributed by atoms with Gasteiger partial charge in [-0.3, -0.25) is 4.79 Å². The van der Waals surface area contributed by atoms with Crippen LogP contribution in [0.2, 0.25) is 0 Å². The Hall–Kier alpha value is -1.93. The third-order valence-electron chi connectivity index (χ3n) is 4.05. The van der Waals surface area contributed by atoms with E-state index in [4.69, 9.17) is 5.26 Å². The van der Waals surface area contributed by atoms with Crippen LogP contribution in [-0.4, -0.2) is 19.0 Å². The maximum absolute atomic E-state index is 13.5. The zero-order valence-electron chi connectivity index (χ0n) is 12.2. The molecule has 0 bridgehead atoms. The van der Waals surface area contributed by atoms with Crippen molar-refractivity contribution in [1.82, 2.24) is 5.32 Å². The number of nitriles is 1. The van der Waals surface area contributed by atoms with Crippen LogP contribution in [0.1, 0.15) is 31.7 Å². The number of benzene rings is 1. The van der Waals surface area contributed by atoms with Gasteiger partial charge < -0.3 is 10.6 Å². The number of carbonyl (C=O) groups is 1. The van der Waals surface area contributed by atoms with Gasteiger partial charge in [0.1, 0.15) is 17.4 Å². The second-order valence-electron chi connectivity index (χ2n) is 5.61. The summed E-state index contributed by atoms with van der Waals surface area (Å²) in [5, 5.41) is 14.9. The number of nitrogens with one attached hydrogen (secondary N) is 2. The van der Waals surface area contributed by atoms with Crippen LogP contribution in [0.25, 0.3) is 0 Å². The van der Waals surface area contributed by atoms with Crippen LogP contribution >= 0.6 is 0 Å². The molecule has 1 fully saturated rings. The Kier molecular flexibility index (Phi) is 5.29. The molecule has 0 spiro atoms. The number of carbonyl (C=O) groups excluding carboxylic acids is 1. The fourth-order valence-corrected chi connectivity index (χ4v) is 2.77. The highest BCUT2D eigenvalue weighted by molar-refractivity contribution is 5.92. The first-order valence-corrected chi connectivity index (χ1v) is 7.31. The summed E-state index contributed by atoms with van der Waals surface area (Å²) >= 11 is 0. The molecule has 1 aromatic carbocycles. The number of halogens is 1. The molecule has 4 nitrogen and oxygen atoms in total. The summed E-state index contributed by atoms with van der Waals surface area (Å²) < 4.78 is 13.5. The Balaban J connectivity index is 1.96. The van der Waals surface area contributed by atoms with Crippen LogP contribution < -0.4 is 10.6 Å². The van der Waals surface area contributed by atoms with Gasteiger partial charge in [-0.25, -0.2) is 4.39 Å². The predicted molar refractivity (Wildman–Crippen MR) is 79.1 cm³/mol. The first kappa shape index (κ1) is 15.5. The van der Waals surface area contributed by atoms with E-state index in [1.54, 1.807) is 12.1 Å². The van der Waals surface area contributed by atoms with Gasteiger partial charge >= 0.3 is 0 Å². The van der Waals surface area contributed by atoms with Crippen LogP contribution in [0.5, 0.6) is 0 Å². The van der Waals surface area contributed by atoms with Crippen molar-refractivity contribution in [2.24, 2.45) is 11.8 Å². The second kappa shape index (κ2) is 7.19. The number of hydrogen-bond acceptors (Lipinski definition) is 3. The highest BCUT2D eigenvalue weighted by atomic mass is 19.1. The van der Waals surface area contributed by atoms with Crippen molar-refractivity contribution >= 4 is 11.6 Å². The predicted octanol–water partition coefficient (Wildman–Crippen LogP) is 2.66. The Morgan fingerprint density at radius 3 is 3.10 bits per heavy atom. The molecule has 21 heavy (non-hydrogen) atoms. The van der Waals surface area contributed by atoms with E-state index in [0.29, 0.717) is 12.3 Å². The van der Waals surface area contributed by atoms with Gasteiger partial charge in [0.05, 0.1) is 5.69 Å². The van der Waals surface area contributed by atoms with Gasteiger partial charge in [0.15, 0.2) is 0 Å². The van der Waals surface area contributed by atoms with E-state index in [0.717, 1.165) is 25.9 Å². The van der Waals surface area contributed by atoms with Gasteiger partial charge in [-0.1, -0.05) is 13.0 Å². The molecule has 1 aliphatic heterocycles. The topological polar surface area (TPSA) is 64.9 Å². The summed E-state index contributed by atoms with van der Waals surface area (Å²) in [5.74, 6) is -0.0284. The van der Waals surface area contributed by atoms with E-state index < -0.39 is 5.82 Å². The lowest BCUT2D eigenvalue weighted by atomic mass is 9.85. The summed E-state index contributed by atoms with van der Waals surface area (Å²) in [5.41, 5.74) is 0.134. The van der Waals surface area contributed by atoms with Crippen LogP contribution in [0, 0.1) is 29.0 Å². The lowest BCUT2D eigenvalue weighted by molar-refractivity contribution is -0.117. The van der Waals surface area contributed by atoms with Crippen molar-refractivity contribution in [2.75, 3.05) is 18.4 Å². The molecule has 2 N–H and O–H groups in total. The standard InChI is InChI=1S/C16H20FN3O/c1-11(12-4-3-7-19-10-12)8-16(21)20-15-6-2-5-14(17)13(15)9-18/h2,5-6,11-12,19H,3-4,7-8,10H2,1H3,(H,20,21). The van der Waals surface area contributed by atoms with Crippen molar-refractivity contribution in [3.8, 4) is 6.07 Å². The van der Waals surface area contributed by atoms with Crippen molar-refractivity contribution in [1.29, 1.82) is 5.26 Å². The second-order valence-corrected chi connectivity index (χ2v) is 5.61. The quantitative estimate of drug-likeness (QED) is 0.895. The van der Waals surface area contributed by atoms with Crippen molar-refractivity contribution in [3.63, 3.8) is 0 Å². The molecule has 0 aliphatic carbocycles. The third-order valence-corrected chi connectivity index (χ3v) is 4.05. The Morgan fingerprint density at radius 1 is 1.62 bits per heavy atom. The minimum absolute atomic E-state index is 0.113. The number of rotatable bonds is 4. The molecule has 0 saturated carbocycles. The molecule has 1 saturated heterocycles. The summed E-state index contributed by atoms with van der Waals surface area (Å²) in [4.78, 5) is 12.1. The molecule has 2 atom stereocenters. The molecule has 0 radical (unpaired) electrons. The SMILES string of the molecule is CC(CC(=O)Nc1cccc(F)c1C#N)C1CCCNC1. The van der Waals surface area contributed by atoms with Crippen molar-refractivity contribution < 1.29 is 9.18 Å². The van der Waals surface area contributed by atoms with Crippen molar-refractivity contribution in [2.45, 2.75) is 26.2 Å². The van der Waals surface area contributed by atoms with Crippen molar-refractivity contribution in [3.05, 3.63) is 29.6 Å². The lowest BCUT2D eigenvalue weighted by Crippen LogP contribution is -2.34. The molecule has 2 rings (SSSR count). The van der Waals surface area contributed by atoms with Crippen LogP contribution in [0.4, 0.5) is 10.1 Å². The highest BCUT2D eigenvalue weighted by Gasteiger charge is 2.22. The van der Waals surface area contributed by atoms with Gasteiger partial charge in [0, 0.05) is 6.42 Å². The number of amides is 1. The van der Waals surface area contributed by atoms with Gasteiger partial charge in [0.2, 0.25) is 5.91 Å². The molecule has 112 valence electrons. The average molecular weight is 289 g/mol. The van der Waals surface area contributed by atoms with E-state index in [1.165, 1.54) is 12.1 Å². The van der Waals surface area contributed by atoms with Gasteiger partial charge in [-0.2, -0.15) is 5.26 Å². The van der Waals surface area contributed by atoms with Gasteiger partial charge in [-0.05, 0) is 49.9 Å². The van der Waals surface area contributed by atoms with Crippen LogP contribution in [0.15, 0.2) is 18.2 Å². The maximum Gasteiger partial charge on any atom is 0.224 e. The van der Waals surface area contributed by atoms with Gasteiger partial charge in [0.25, 0.3) is 0 Å². The molecule has 2 unspecified atom stereocenters. The molecular formula is C16H20FN3O. The highest BCUT2D eigenvalue weighted by Crippen LogP contribution is 2.24. The Bertz CT molecular complexity index is 547. The first-order chi connectivity index (χ1) is 10.1. The zero-order valence-corrected chi connectivity index (χ0v) is 12.2. The Morgan fingerprint density at radius 2 is 2.43 bits per heavy atom. The van der Waals surface area contributed by atoms with E-state index in [-0.39, 0.29) is 23.1 Å². The minimum Gasteiger partial charge on any atom is -0.325 e. The molecule has 0 aromatic heterocycles.